The monoisotopic (exact) mass is 413 g/mol. The van der Waals surface area contributed by atoms with Gasteiger partial charge in [-0.1, -0.05) is 30.3 Å². The van der Waals surface area contributed by atoms with Crippen molar-refractivity contribution in [3.05, 3.63) is 77.1 Å². The van der Waals surface area contributed by atoms with Crippen LogP contribution in [0.4, 0.5) is 0 Å². The van der Waals surface area contributed by atoms with Gasteiger partial charge in [0.05, 0.1) is 11.2 Å². The third kappa shape index (κ3) is 3.47. The maximum absolute atomic E-state index is 12.5. The van der Waals surface area contributed by atoms with Crippen LogP contribution in [0.25, 0.3) is 27.7 Å². The molecular formula is C24H23N5O2. The van der Waals surface area contributed by atoms with Crippen molar-refractivity contribution in [1.29, 1.82) is 0 Å². The van der Waals surface area contributed by atoms with Gasteiger partial charge in [-0.25, -0.2) is 14.5 Å². The zero-order valence-corrected chi connectivity index (χ0v) is 17.3. The highest BCUT2D eigenvalue weighted by atomic mass is 16.2. The van der Waals surface area contributed by atoms with Crippen LogP contribution >= 0.6 is 0 Å². The summed E-state index contributed by atoms with van der Waals surface area (Å²) in [6.45, 7) is 3.02. The van der Waals surface area contributed by atoms with Crippen molar-refractivity contribution in [3.8, 4) is 16.8 Å². The van der Waals surface area contributed by atoms with Gasteiger partial charge in [0.25, 0.3) is 0 Å². The summed E-state index contributed by atoms with van der Waals surface area (Å²) in [6.07, 6.45) is 2.96. The lowest BCUT2D eigenvalue weighted by Crippen LogP contribution is -2.35. The first-order chi connectivity index (χ1) is 15.1. The molecule has 0 aliphatic carbocycles. The van der Waals surface area contributed by atoms with E-state index in [1.54, 1.807) is 17.7 Å². The lowest BCUT2D eigenvalue weighted by Gasteiger charge is -2.24. The van der Waals surface area contributed by atoms with E-state index in [2.05, 4.69) is 38.7 Å². The van der Waals surface area contributed by atoms with Gasteiger partial charge in [-0.15, -0.1) is 0 Å². The summed E-state index contributed by atoms with van der Waals surface area (Å²) in [5, 5.41) is 11.1. The van der Waals surface area contributed by atoms with E-state index in [1.165, 1.54) is 0 Å². The van der Waals surface area contributed by atoms with Crippen LogP contribution < -0.4 is 11.0 Å². The van der Waals surface area contributed by atoms with Crippen LogP contribution in [-0.2, 0) is 11.2 Å². The number of aromatic nitrogens is 4. The van der Waals surface area contributed by atoms with Gasteiger partial charge in [0, 0.05) is 30.0 Å². The third-order valence-corrected chi connectivity index (χ3v) is 6.29. The van der Waals surface area contributed by atoms with Crippen LogP contribution in [0.5, 0.6) is 0 Å². The van der Waals surface area contributed by atoms with Crippen molar-refractivity contribution in [3.63, 3.8) is 0 Å². The van der Waals surface area contributed by atoms with Crippen molar-refractivity contribution in [1.82, 2.24) is 25.1 Å². The van der Waals surface area contributed by atoms with Crippen LogP contribution in [0.2, 0.25) is 0 Å². The Bertz CT molecular complexity index is 1310. The molecule has 2 aromatic heterocycles. The smallest absolute Gasteiger partial charge is 0.316 e. The van der Waals surface area contributed by atoms with E-state index in [4.69, 9.17) is 0 Å². The van der Waals surface area contributed by atoms with Gasteiger partial charge < -0.3 is 5.32 Å². The number of carbonyl (C=O) groups excluding carboxylic acids is 1. The number of benzene rings is 2. The number of pyridine rings is 1. The van der Waals surface area contributed by atoms with Crippen molar-refractivity contribution in [2.75, 3.05) is 13.1 Å². The maximum atomic E-state index is 12.5. The van der Waals surface area contributed by atoms with E-state index in [0.717, 1.165) is 40.7 Å². The fourth-order valence-corrected chi connectivity index (χ4v) is 4.39. The quantitative estimate of drug-likeness (QED) is 0.525. The molecule has 0 saturated carbocycles. The second-order valence-electron chi connectivity index (χ2n) is 8.18. The Hall–Kier alpha value is -3.58. The molecule has 4 aromatic rings. The molecule has 7 heteroatoms. The zero-order valence-electron chi connectivity index (χ0n) is 17.3. The molecule has 31 heavy (non-hydrogen) atoms. The summed E-state index contributed by atoms with van der Waals surface area (Å²) in [4.78, 5) is 29.3. The van der Waals surface area contributed by atoms with Crippen molar-refractivity contribution < 1.29 is 4.79 Å². The first-order valence-electron chi connectivity index (χ1n) is 10.4. The van der Waals surface area contributed by atoms with Gasteiger partial charge in [0.1, 0.15) is 11.6 Å². The largest absolute Gasteiger partial charge is 0.347 e. The molecule has 5 rings (SSSR count). The molecule has 0 radical (unpaired) electrons. The maximum Gasteiger partial charge on any atom is 0.347 e. The van der Waals surface area contributed by atoms with Gasteiger partial charge in [0.15, 0.2) is 0 Å². The Morgan fingerprint density at radius 1 is 1.13 bits per heavy atom. The second-order valence-corrected chi connectivity index (χ2v) is 8.18. The topological polar surface area (TPSA) is 92.7 Å². The Morgan fingerprint density at radius 2 is 1.94 bits per heavy atom. The molecule has 0 amide bonds. The number of carbonyl (C=O) groups is 1. The fourth-order valence-electron chi connectivity index (χ4n) is 4.39. The van der Waals surface area contributed by atoms with Gasteiger partial charge >= 0.3 is 5.69 Å². The van der Waals surface area contributed by atoms with Crippen molar-refractivity contribution >= 4 is 16.7 Å². The first-order valence-corrected chi connectivity index (χ1v) is 10.4. The third-order valence-electron chi connectivity index (χ3n) is 6.29. The molecule has 156 valence electrons. The normalized spacial score (nSPS) is 18.5. The fraction of sp³-hybridized carbons (Fsp3) is 0.250. The number of hydrogen-bond acceptors (Lipinski definition) is 5. The highest BCUT2D eigenvalue weighted by molar-refractivity contribution is 5.84. The van der Waals surface area contributed by atoms with E-state index < -0.39 is 5.41 Å². The summed E-state index contributed by atoms with van der Waals surface area (Å²) < 4.78 is 1.56. The first kappa shape index (κ1) is 19.4. The molecule has 3 heterocycles. The van der Waals surface area contributed by atoms with Gasteiger partial charge in [-0.3, -0.25) is 9.78 Å². The SMILES string of the molecule is CC(=O)[C@]1(Cc2n[nH]c(=O)n2-c2ccc(-c3ccc4cccnc4c3)cc2)CCNC1. The van der Waals surface area contributed by atoms with Crippen molar-refractivity contribution in [2.45, 2.75) is 19.8 Å². The Balaban J connectivity index is 1.48. The summed E-state index contributed by atoms with van der Waals surface area (Å²) in [6, 6.07) is 17.9. The van der Waals surface area contributed by atoms with Crippen LogP contribution in [0.3, 0.4) is 0 Å². The number of hydrogen-bond donors (Lipinski definition) is 2. The number of Topliss-reactive ketones (excluding diaryl/α,β-unsaturated/α-hetero) is 1. The summed E-state index contributed by atoms with van der Waals surface area (Å²) in [5.74, 6) is 0.700. The average molecular weight is 413 g/mol. The van der Waals surface area contributed by atoms with E-state index >= 15 is 0 Å². The molecule has 0 bridgehead atoms. The molecule has 1 aliphatic heterocycles. The minimum atomic E-state index is -0.512. The predicted molar refractivity (Wildman–Crippen MR) is 119 cm³/mol. The second kappa shape index (κ2) is 7.59. The van der Waals surface area contributed by atoms with Gasteiger partial charge in [-0.2, -0.15) is 5.10 Å². The average Bonchev–Trinajstić information content (AvgIpc) is 3.41. The summed E-state index contributed by atoms with van der Waals surface area (Å²) in [5.41, 5.74) is 2.95. The van der Waals surface area contributed by atoms with E-state index in [0.29, 0.717) is 18.8 Å². The molecule has 1 aliphatic rings. The highest BCUT2D eigenvalue weighted by Gasteiger charge is 2.40. The van der Waals surface area contributed by atoms with Crippen LogP contribution in [-0.4, -0.2) is 38.6 Å². The molecule has 2 aromatic carbocycles. The summed E-state index contributed by atoms with van der Waals surface area (Å²) in [7, 11) is 0. The number of aromatic amines is 1. The Kier molecular flexibility index (Phi) is 4.75. The van der Waals surface area contributed by atoms with Gasteiger partial charge in [0.2, 0.25) is 0 Å². The Labute approximate surface area is 179 Å². The van der Waals surface area contributed by atoms with Crippen LogP contribution in [0.1, 0.15) is 19.2 Å². The lowest BCUT2D eigenvalue weighted by molar-refractivity contribution is -0.125. The zero-order chi connectivity index (χ0) is 21.4. The highest BCUT2D eigenvalue weighted by Crippen LogP contribution is 2.31. The Morgan fingerprint density at radius 3 is 2.68 bits per heavy atom. The van der Waals surface area contributed by atoms with Crippen LogP contribution in [0.15, 0.2) is 65.6 Å². The standard InChI is InChI=1S/C24H23N5O2/c1-16(30)24(10-12-25-15-24)14-22-27-28-23(31)29(22)20-8-6-17(7-9-20)19-5-4-18-3-2-11-26-21(18)13-19/h2-9,11,13,25H,10,12,14-15H2,1H3,(H,28,31)/t24-/m0/s1. The number of nitrogens with one attached hydrogen (secondary N) is 2. The molecular weight excluding hydrogens is 390 g/mol. The van der Waals surface area contributed by atoms with E-state index in [9.17, 15) is 9.59 Å². The van der Waals surface area contributed by atoms with Gasteiger partial charge in [-0.05, 0) is 55.3 Å². The molecule has 7 nitrogen and oxygen atoms in total. The number of rotatable bonds is 5. The van der Waals surface area contributed by atoms with Crippen LogP contribution in [0, 0.1) is 5.41 Å². The number of H-pyrrole nitrogens is 1. The molecule has 1 atom stereocenters. The van der Waals surface area contributed by atoms with Crippen molar-refractivity contribution in [2.24, 2.45) is 5.41 Å². The molecule has 0 spiro atoms. The molecule has 1 saturated heterocycles. The van der Waals surface area contributed by atoms with E-state index in [1.807, 2.05) is 36.4 Å². The number of ketones is 1. The van der Waals surface area contributed by atoms with E-state index in [-0.39, 0.29) is 11.5 Å². The predicted octanol–water partition coefficient (Wildman–Crippen LogP) is 2.89. The number of nitrogens with zero attached hydrogens (tertiary/aromatic N) is 3. The minimum absolute atomic E-state index is 0.125. The molecule has 1 fully saturated rings. The summed E-state index contributed by atoms with van der Waals surface area (Å²) >= 11 is 0. The minimum Gasteiger partial charge on any atom is -0.316 e. The lowest BCUT2D eigenvalue weighted by atomic mass is 9.79. The molecule has 2 N–H and O–H groups in total. The molecule has 0 unspecified atom stereocenters. The number of fused-ring (bicyclic) bond motifs is 1.